The number of nitrogens with zero attached hydrogens (tertiary/aromatic N) is 2. The minimum Gasteiger partial charge on any atom is -0.342 e. The predicted molar refractivity (Wildman–Crippen MR) is 106 cm³/mol. The molecule has 0 bridgehead atoms. The number of hydrogen-bond donors (Lipinski definition) is 0. The van der Waals surface area contributed by atoms with E-state index in [1.807, 2.05) is 32.6 Å². The van der Waals surface area contributed by atoms with E-state index >= 15 is 0 Å². The number of likely N-dealkylation sites (tertiary alicyclic amines) is 2. The minimum absolute atomic E-state index is 0.376. The Hall–Kier alpha value is -0.570. The highest BCUT2D eigenvalue weighted by molar-refractivity contribution is 5.79. The maximum absolute atomic E-state index is 11.9. The van der Waals surface area contributed by atoms with Gasteiger partial charge in [-0.2, -0.15) is 0 Å². The number of carbonyl (C=O) groups excluding carboxylic acids is 1. The molecule has 2 saturated heterocycles. The summed E-state index contributed by atoms with van der Waals surface area (Å²) in [5, 5.41) is 0. The fraction of sp³-hybridized carbons (Fsp3) is 0.952. The zero-order valence-corrected chi connectivity index (χ0v) is 17.4. The summed E-state index contributed by atoms with van der Waals surface area (Å²) >= 11 is 0. The van der Waals surface area contributed by atoms with Gasteiger partial charge in [0.1, 0.15) is 0 Å². The fourth-order valence-electron chi connectivity index (χ4n) is 3.54. The molecule has 2 aliphatic heterocycles. The number of amides is 1. The van der Waals surface area contributed by atoms with Crippen molar-refractivity contribution in [3.63, 3.8) is 0 Å². The van der Waals surface area contributed by atoms with Crippen LogP contribution in [-0.4, -0.2) is 48.9 Å². The number of rotatable bonds is 1. The number of hydrogen-bond acceptors (Lipinski definition) is 2. The second-order valence-corrected chi connectivity index (χ2v) is 7.05. The molecule has 1 amide bonds. The second kappa shape index (κ2) is 14.7. The van der Waals surface area contributed by atoms with Crippen molar-refractivity contribution in [2.45, 2.75) is 86.0 Å². The van der Waals surface area contributed by atoms with Crippen LogP contribution in [0.3, 0.4) is 0 Å². The van der Waals surface area contributed by atoms with Crippen molar-refractivity contribution in [2.75, 3.05) is 33.2 Å². The molecule has 1 aliphatic carbocycles. The molecule has 0 spiro atoms. The molecule has 0 aromatic carbocycles. The van der Waals surface area contributed by atoms with E-state index < -0.39 is 0 Å². The van der Waals surface area contributed by atoms with Crippen LogP contribution in [0.1, 0.15) is 86.0 Å². The fourth-order valence-corrected chi connectivity index (χ4v) is 3.54. The van der Waals surface area contributed by atoms with Gasteiger partial charge >= 0.3 is 0 Å². The first-order valence-electron chi connectivity index (χ1n) is 10.6. The Balaban J connectivity index is 0.000000408. The first-order chi connectivity index (χ1) is 11.7. The zero-order chi connectivity index (χ0) is 18.4. The number of carbonyl (C=O) groups is 1. The van der Waals surface area contributed by atoms with E-state index in [4.69, 9.17) is 0 Å². The van der Waals surface area contributed by atoms with Gasteiger partial charge in [-0.3, -0.25) is 4.79 Å². The Morgan fingerprint density at radius 1 is 0.792 bits per heavy atom. The molecule has 144 valence electrons. The average molecular weight is 341 g/mol. The first-order valence-corrected chi connectivity index (χ1v) is 10.6. The lowest BCUT2D eigenvalue weighted by molar-refractivity contribution is -0.142. The van der Waals surface area contributed by atoms with Crippen LogP contribution >= 0.6 is 0 Å². The summed E-state index contributed by atoms with van der Waals surface area (Å²) in [6.45, 7) is 14.9. The lowest BCUT2D eigenvalue weighted by atomic mass is 9.87. The largest absolute Gasteiger partial charge is 0.342 e. The summed E-state index contributed by atoms with van der Waals surface area (Å²) in [6.07, 6.45) is 10.4. The van der Waals surface area contributed by atoms with Crippen LogP contribution in [0.4, 0.5) is 0 Å². The zero-order valence-electron chi connectivity index (χ0n) is 17.4. The quantitative estimate of drug-likeness (QED) is 0.655. The third kappa shape index (κ3) is 9.05. The molecule has 1 saturated carbocycles. The monoisotopic (exact) mass is 340 g/mol. The molecule has 3 fully saturated rings. The Morgan fingerprint density at radius 3 is 1.62 bits per heavy atom. The maximum Gasteiger partial charge on any atom is 0.225 e. The Labute approximate surface area is 152 Å². The van der Waals surface area contributed by atoms with Gasteiger partial charge in [0.15, 0.2) is 0 Å². The molecule has 3 heteroatoms. The van der Waals surface area contributed by atoms with Crippen molar-refractivity contribution < 1.29 is 4.79 Å². The minimum atomic E-state index is 0.376. The van der Waals surface area contributed by atoms with E-state index in [0.717, 1.165) is 31.8 Å². The summed E-state index contributed by atoms with van der Waals surface area (Å²) in [4.78, 5) is 16.3. The predicted octanol–water partition coefficient (Wildman–Crippen LogP) is 5.20. The molecule has 0 unspecified atom stereocenters. The highest BCUT2D eigenvalue weighted by Crippen LogP contribution is 2.27. The molecule has 24 heavy (non-hydrogen) atoms. The first kappa shape index (κ1) is 23.4. The van der Waals surface area contributed by atoms with Crippen molar-refractivity contribution in [1.29, 1.82) is 0 Å². The van der Waals surface area contributed by atoms with E-state index in [2.05, 4.69) is 18.9 Å². The summed E-state index contributed by atoms with van der Waals surface area (Å²) in [5.41, 5.74) is 0. The van der Waals surface area contributed by atoms with E-state index in [-0.39, 0.29) is 0 Å². The van der Waals surface area contributed by atoms with Gasteiger partial charge in [0.25, 0.3) is 0 Å². The Morgan fingerprint density at radius 2 is 1.25 bits per heavy atom. The average Bonchev–Trinajstić information content (AvgIpc) is 2.64. The van der Waals surface area contributed by atoms with Gasteiger partial charge in [0.2, 0.25) is 5.91 Å². The van der Waals surface area contributed by atoms with Gasteiger partial charge in [-0.1, -0.05) is 60.3 Å². The van der Waals surface area contributed by atoms with E-state index in [0.29, 0.717) is 11.8 Å². The van der Waals surface area contributed by atoms with Crippen LogP contribution in [0.15, 0.2) is 0 Å². The third-order valence-corrected chi connectivity index (χ3v) is 4.91. The molecular formula is C21H44N2O. The normalized spacial score (nSPS) is 21.8. The van der Waals surface area contributed by atoms with Crippen LogP contribution in [0.25, 0.3) is 0 Å². The van der Waals surface area contributed by atoms with E-state index in [1.165, 1.54) is 51.6 Å². The van der Waals surface area contributed by atoms with Gasteiger partial charge in [-0.05, 0) is 51.7 Å². The SMILES string of the molecule is CC.CC.CC1CN(C(=O)C2CCCCC2)C1.CN1CCCCC1. The van der Waals surface area contributed by atoms with Crippen molar-refractivity contribution in [3.8, 4) is 0 Å². The van der Waals surface area contributed by atoms with E-state index in [9.17, 15) is 4.79 Å². The molecule has 2 heterocycles. The van der Waals surface area contributed by atoms with Crippen molar-refractivity contribution in [2.24, 2.45) is 11.8 Å². The van der Waals surface area contributed by atoms with Crippen molar-refractivity contribution in [1.82, 2.24) is 9.80 Å². The van der Waals surface area contributed by atoms with E-state index in [1.54, 1.807) is 0 Å². The van der Waals surface area contributed by atoms with Crippen molar-refractivity contribution in [3.05, 3.63) is 0 Å². The standard InChI is InChI=1S/C11H19NO.C6H13N.2C2H6/c1-9-7-12(8-9)11(13)10-5-3-2-4-6-10;1-7-5-3-2-4-6-7;2*1-2/h9-10H,2-8H2,1H3;2-6H2,1H3;2*1-2H3. The topological polar surface area (TPSA) is 23.6 Å². The number of piperidine rings is 1. The van der Waals surface area contributed by atoms with Gasteiger partial charge in [-0.15, -0.1) is 0 Å². The van der Waals surface area contributed by atoms with Crippen LogP contribution < -0.4 is 0 Å². The van der Waals surface area contributed by atoms with Gasteiger partial charge in [0, 0.05) is 19.0 Å². The van der Waals surface area contributed by atoms with Crippen LogP contribution in [0, 0.1) is 11.8 Å². The van der Waals surface area contributed by atoms with Crippen LogP contribution in [-0.2, 0) is 4.79 Å². The molecule has 0 radical (unpaired) electrons. The summed E-state index contributed by atoms with van der Waals surface area (Å²) in [6, 6.07) is 0. The molecule has 0 N–H and O–H groups in total. The molecule has 3 aliphatic rings. The summed E-state index contributed by atoms with van der Waals surface area (Å²) in [5.74, 6) is 1.56. The van der Waals surface area contributed by atoms with Gasteiger partial charge < -0.3 is 9.80 Å². The molecule has 3 nitrogen and oxygen atoms in total. The third-order valence-electron chi connectivity index (χ3n) is 4.91. The van der Waals surface area contributed by atoms with Crippen molar-refractivity contribution >= 4 is 5.91 Å². The second-order valence-electron chi connectivity index (χ2n) is 7.05. The summed E-state index contributed by atoms with van der Waals surface area (Å²) < 4.78 is 0. The molecular weight excluding hydrogens is 296 g/mol. The highest BCUT2D eigenvalue weighted by Gasteiger charge is 2.32. The van der Waals surface area contributed by atoms with Gasteiger partial charge in [-0.25, -0.2) is 0 Å². The Kier molecular flexibility index (Phi) is 14.4. The highest BCUT2D eigenvalue weighted by atomic mass is 16.2. The lowest BCUT2D eigenvalue weighted by Gasteiger charge is -2.40. The molecule has 0 atom stereocenters. The van der Waals surface area contributed by atoms with Crippen LogP contribution in [0.5, 0.6) is 0 Å². The molecule has 0 aromatic rings. The lowest BCUT2D eigenvalue weighted by Crippen LogP contribution is -2.51. The van der Waals surface area contributed by atoms with Gasteiger partial charge in [0.05, 0.1) is 0 Å². The molecule has 0 aromatic heterocycles. The smallest absolute Gasteiger partial charge is 0.225 e. The van der Waals surface area contributed by atoms with Crippen LogP contribution in [0.2, 0.25) is 0 Å². The summed E-state index contributed by atoms with van der Waals surface area (Å²) in [7, 11) is 2.19. The molecule has 3 rings (SSSR count). The Bertz CT molecular complexity index is 288. The maximum atomic E-state index is 11.9.